The maximum atomic E-state index is 2.47. The molecule has 0 nitrogen and oxygen atoms in total. The number of allylic oxidation sites excluding steroid dienone is 10. The second-order valence-corrected chi connectivity index (χ2v) is 13.1. The normalized spacial score (nSPS) is 19.1. The van der Waals surface area contributed by atoms with E-state index < -0.39 is 5.41 Å². The Labute approximate surface area is 260 Å². The van der Waals surface area contributed by atoms with Gasteiger partial charge >= 0.3 is 0 Å². The van der Waals surface area contributed by atoms with E-state index in [-0.39, 0.29) is 0 Å². The number of benzene rings is 5. The van der Waals surface area contributed by atoms with Crippen molar-refractivity contribution in [2.75, 3.05) is 0 Å². The Balaban J connectivity index is 1.33. The molecule has 1 aromatic heterocycles. The molecular weight excluding hydrogens is 549 g/mol. The highest BCUT2D eigenvalue weighted by atomic mass is 32.1. The molecule has 0 radical (unpaired) electrons. The highest BCUT2D eigenvalue weighted by Crippen LogP contribution is 2.64. The van der Waals surface area contributed by atoms with Gasteiger partial charge < -0.3 is 0 Å². The summed E-state index contributed by atoms with van der Waals surface area (Å²) < 4.78 is 2.66. The topological polar surface area (TPSA) is 0 Å². The standard InChI is InChI=1S/C43H26S/c1-2-11-27(12-3-1)41-34(21-23-40-42(41)35-17-8-9-19-39(35)44-40)36-22-20-33-31-16-7-5-14-29(31)26-38(33)43(36)24-10-18-32-30-15-6-4-13-28(30)25-37(32)43/h1-26H. The Morgan fingerprint density at radius 3 is 1.91 bits per heavy atom. The minimum atomic E-state index is -0.435. The lowest BCUT2D eigenvalue weighted by atomic mass is 9.59. The van der Waals surface area contributed by atoms with E-state index in [4.69, 9.17) is 0 Å². The number of hydrogen-bond acceptors (Lipinski definition) is 1. The van der Waals surface area contributed by atoms with Crippen molar-refractivity contribution in [3.05, 3.63) is 185 Å². The summed E-state index contributed by atoms with van der Waals surface area (Å²) in [6.45, 7) is 0. The first-order valence-electron chi connectivity index (χ1n) is 15.3. The summed E-state index contributed by atoms with van der Waals surface area (Å²) in [5.41, 5.74) is 15.4. The number of fused-ring (bicyclic) bond motifs is 11. The van der Waals surface area contributed by atoms with Crippen molar-refractivity contribution in [2.45, 2.75) is 0 Å². The van der Waals surface area contributed by atoms with Gasteiger partial charge in [0.1, 0.15) is 0 Å². The van der Waals surface area contributed by atoms with Crippen LogP contribution < -0.4 is 0 Å². The van der Waals surface area contributed by atoms with Crippen LogP contribution in [0.15, 0.2) is 157 Å². The van der Waals surface area contributed by atoms with Crippen LogP contribution in [-0.4, -0.2) is 0 Å². The van der Waals surface area contributed by atoms with E-state index >= 15 is 0 Å². The molecule has 204 valence electrons. The fraction of sp³-hybridized carbons (Fsp3) is 0.0233. The van der Waals surface area contributed by atoms with Gasteiger partial charge in [-0.05, 0) is 91.1 Å². The van der Waals surface area contributed by atoms with Crippen molar-refractivity contribution < 1.29 is 0 Å². The van der Waals surface area contributed by atoms with Crippen LogP contribution in [0.1, 0.15) is 27.8 Å². The summed E-state index contributed by atoms with van der Waals surface area (Å²) in [6.07, 6.45) is 16.8. The SMILES string of the molecule is C1=CC2(C3=Cc4ccccc4C3=C1)C1=Cc3ccccc3C1=CC=C2c1ccc2sc3ccccc3c2c1-c1ccccc1. The van der Waals surface area contributed by atoms with E-state index in [1.807, 2.05) is 11.3 Å². The first kappa shape index (κ1) is 24.2. The van der Waals surface area contributed by atoms with Crippen LogP contribution in [0, 0.1) is 5.41 Å². The predicted octanol–water partition coefficient (Wildman–Crippen LogP) is 11.6. The highest BCUT2D eigenvalue weighted by molar-refractivity contribution is 7.26. The maximum absolute atomic E-state index is 2.47. The van der Waals surface area contributed by atoms with E-state index in [0.29, 0.717) is 0 Å². The molecule has 1 unspecified atom stereocenters. The molecular formula is C43H26S. The fourth-order valence-corrected chi connectivity index (χ4v) is 9.16. The first-order chi connectivity index (χ1) is 21.8. The average molecular weight is 575 g/mol. The molecule has 4 aliphatic rings. The lowest BCUT2D eigenvalue weighted by Gasteiger charge is -2.42. The molecule has 1 atom stereocenters. The number of rotatable bonds is 2. The van der Waals surface area contributed by atoms with Gasteiger partial charge in [-0.2, -0.15) is 0 Å². The molecule has 0 saturated heterocycles. The molecule has 6 aromatic rings. The summed E-state index contributed by atoms with van der Waals surface area (Å²) in [7, 11) is 0. The predicted molar refractivity (Wildman–Crippen MR) is 189 cm³/mol. The van der Waals surface area contributed by atoms with Crippen LogP contribution in [0.3, 0.4) is 0 Å². The summed E-state index contributed by atoms with van der Waals surface area (Å²) in [5, 5.41) is 2.68. The first-order valence-corrected chi connectivity index (χ1v) is 16.1. The van der Waals surface area contributed by atoms with Gasteiger partial charge in [0, 0.05) is 20.2 Å². The van der Waals surface area contributed by atoms with Crippen molar-refractivity contribution in [1.82, 2.24) is 0 Å². The third kappa shape index (κ3) is 3.12. The second kappa shape index (κ2) is 8.89. The van der Waals surface area contributed by atoms with Gasteiger partial charge in [0.2, 0.25) is 0 Å². The Hall–Kier alpha value is -5.24. The van der Waals surface area contributed by atoms with E-state index in [1.54, 1.807) is 0 Å². The second-order valence-electron chi connectivity index (χ2n) is 12.0. The van der Waals surface area contributed by atoms with Gasteiger partial charge in [-0.25, -0.2) is 0 Å². The zero-order valence-electron chi connectivity index (χ0n) is 23.9. The van der Waals surface area contributed by atoms with Crippen molar-refractivity contribution in [3.63, 3.8) is 0 Å². The van der Waals surface area contributed by atoms with Gasteiger partial charge in [-0.15, -0.1) is 11.3 Å². The molecule has 1 heterocycles. The summed E-state index contributed by atoms with van der Waals surface area (Å²) >= 11 is 1.89. The molecule has 4 aliphatic carbocycles. The molecule has 10 rings (SSSR count). The van der Waals surface area contributed by atoms with Crippen LogP contribution >= 0.6 is 11.3 Å². The van der Waals surface area contributed by atoms with Crippen LogP contribution in [0.2, 0.25) is 0 Å². The largest absolute Gasteiger partial charge is 0.135 e. The van der Waals surface area contributed by atoms with Crippen molar-refractivity contribution in [1.29, 1.82) is 0 Å². The molecule has 0 saturated carbocycles. The molecule has 1 spiro atoms. The minimum Gasteiger partial charge on any atom is -0.135 e. The third-order valence-electron chi connectivity index (χ3n) is 9.88. The summed E-state index contributed by atoms with van der Waals surface area (Å²) in [5.74, 6) is 0. The van der Waals surface area contributed by atoms with Crippen molar-refractivity contribution in [3.8, 4) is 11.1 Å². The molecule has 0 bridgehead atoms. The number of thiophene rings is 1. The smallest absolute Gasteiger partial charge is 0.0653 e. The fourth-order valence-electron chi connectivity index (χ4n) is 8.04. The maximum Gasteiger partial charge on any atom is 0.0653 e. The van der Waals surface area contributed by atoms with Gasteiger partial charge in [0.25, 0.3) is 0 Å². The zero-order chi connectivity index (χ0) is 28.8. The monoisotopic (exact) mass is 574 g/mol. The highest BCUT2D eigenvalue weighted by Gasteiger charge is 2.49. The van der Waals surface area contributed by atoms with E-state index in [2.05, 4.69) is 158 Å². The van der Waals surface area contributed by atoms with E-state index in [1.165, 1.54) is 87.0 Å². The average Bonchev–Trinajstić information content (AvgIpc) is 3.77. The lowest BCUT2D eigenvalue weighted by molar-refractivity contribution is 0.779. The quantitative estimate of drug-likeness (QED) is 0.193. The van der Waals surface area contributed by atoms with Crippen LogP contribution in [-0.2, 0) is 0 Å². The minimum absolute atomic E-state index is 0.435. The van der Waals surface area contributed by atoms with Gasteiger partial charge in [-0.3, -0.25) is 0 Å². The molecule has 0 aliphatic heterocycles. The Bertz CT molecular complexity index is 2400. The molecule has 5 aromatic carbocycles. The van der Waals surface area contributed by atoms with Crippen LogP contribution in [0.25, 0.3) is 60.2 Å². The van der Waals surface area contributed by atoms with Gasteiger partial charge in [0.15, 0.2) is 0 Å². The molecule has 0 amide bonds. The molecule has 0 fully saturated rings. The van der Waals surface area contributed by atoms with E-state index in [0.717, 1.165) is 0 Å². The number of hydrogen-bond donors (Lipinski definition) is 0. The third-order valence-corrected chi connectivity index (χ3v) is 11.0. The zero-order valence-corrected chi connectivity index (χ0v) is 24.7. The Kier molecular flexibility index (Phi) is 4.90. The van der Waals surface area contributed by atoms with Crippen LogP contribution in [0.5, 0.6) is 0 Å². The molecule has 0 N–H and O–H groups in total. The Morgan fingerprint density at radius 1 is 0.477 bits per heavy atom. The Morgan fingerprint density at radius 2 is 1.14 bits per heavy atom. The molecule has 1 heteroatoms. The van der Waals surface area contributed by atoms with Crippen molar-refractivity contribution >= 4 is 60.4 Å². The van der Waals surface area contributed by atoms with Crippen molar-refractivity contribution in [2.24, 2.45) is 5.41 Å². The van der Waals surface area contributed by atoms with Gasteiger partial charge in [0.05, 0.1) is 5.41 Å². The molecule has 44 heavy (non-hydrogen) atoms. The van der Waals surface area contributed by atoms with Crippen LogP contribution in [0.4, 0.5) is 0 Å². The van der Waals surface area contributed by atoms with Gasteiger partial charge in [-0.1, -0.05) is 134 Å². The summed E-state index contributed by atoms with van der Waals surface area (Å²) in [4.78, 5) is 0. The lowest BCUT2D eigenvalue weighted by Crippen LogP contribution is -2.29. The van der Waals surface area contributed by atoms with E-state index in [9.17, 15) is 0 Å². The summed E-state index contributed by atoms with van der Waals surface area (Å²) in [6, 6.07) is 42.4.